The monoisotopic (exact) mass is 391 g/mol. The number of fused-ring (bicyclic) bond motifs is 2. The topological polar surface area (TPSA) is 73.9 Å². The fourth-order valence-corrected chi connectivity index (χ4v) is 3.26. The number of carbonyl (C=O) groups excluding carboxylic acids is 2. The van der Waals surface area contributed by atoms with E-state index in [2.05, 4.69) is 5.32 Å². The number of hydrogen-bond acceptors (Lipinski definition) is 5. The molecular formula is C23H21NO5. The van der Waals surface area contributed by atoms with Crippen molar-refractivity contribution in [2.75, 3.05) is 18.5 Å². The highest BCUT2D eigenvalue weighted by molar-refractivity contribution is 5.96. The summed E-state index contributed by atoms with van der Waals surface area (Å²) in [4.78, 5) is 24.8. The van der Waals surface area contributed by atoms with E-state index >= 15 is 0 Å². The molecule has 0 saturated carbocycles. The maximum atomic E-state index is 12.4. The van der Waals surface area contributed by atoms with E-state index in [4.69, 9.17) is 14.2 Å². The zero-order valence-corrected chi connectivity index (χ0v) is 16.0. The van der Waals surface area contributed by atoms with Crippen molar-refractivity contribution in [1.29, 1.82) is 0 Å². The molecule has 29 heavy (non-hydrogen) atoms. The molecule has 6 heteroatoms. The smallest absolute Gasteiger partial charge is 0.311 e. The number of anilines is 1. The van der Waals surface area contributed by atoms with Gasteiger partial charge in [0, 0.05) is 11.8 Å². The van der Waals surface area contributed by atoms with Crippen molar-refractivity contribution in [3.8, 4) is 11.5 Å². The lowest BCUT2D eigenvalue weighted by molar-refractivity contribution is -0.152. The van der Waals surface area contributed by atoms with Crippen LogP contribution in [0.4, 0.5) is 5.69 Å². The summed E-state index contributed by atoms with van der Waals surface area (Å²) in [5, 5.41) is 4.80. The Bertz CT molecular complexity index is 1060. The van der Waals surface area contributed by atoms with Crippen molar-refractivity contribution in [3.05, 3.63) is 66.2 Å². The first-order valence-corrected chi connectivity index (χ1v) is 9.47. The third-order valence-electron chi connectivity index (χ3n) is 4.70. The SMILES string of the molecule is C[C@H](OC(=O)Cc1cccc2ccccc12)C(=O)Nc1ccc2c(c1)OCCO2. The number of carbonyl (C=O) groups is 2. The van der Waals surface area contributed by atoms with Gasteiger partial charge in [-0.25, -0.2) is 0 Å². The van der Waals surface area contributed by atoms with Crippen molar-refractivity contribution in [2.45, 2.75) is 19.4 Å². The van der Waals surface area contributed by atoms with Crippen LogP contribution >= 0.6 is 0 Å². The van der Waals surface area contributed by atoms with Crippen LogP contribution in [0.2, 0.25) is 0 Å². The van der Waals surface area contributed by atoms with Crippen LogP contribution in [0.15, 0.2) is 60.7 Å². The Kier molecular flexibility index (Phi) is 5.33. The first-order chi connectivity index (χ1) is 14.1. The largest absolute Gasteiger partial charge is 0.486 e. The highest BCUT2D eigenvalue weighted by atomic mass is 16.6. The minimum Gasteiger partial charge on any atom is -0.486 e. The van der Waals surface area contributed by atoms with Gasteiger partial charge in [0.15, 0.2) is 17.6 Å². The second-order valence-electron chi connectivity index (χ2n) is 6.79. The molecule has 1 aliphatic rings. The van der Waals surface area contributed by atoms with Gasteiger partial charge in [-0.05, 0) is 35.4 Å². The van der Waals surface area contributed by atoms with Crippen LogP contribution in [-0.2, 0) is 20.7 Å². The molecule has 0 aromatic heterocycles. The predicted octanol–water partition coefficient (Wildman–Crippen LogP) is 3.72. The second-order valence-corrected chi connectivity index (χ2v) is 6.79. The predicted molar refractivity (Wildman–Crippen MR) is 109 cm³/mol. The molecule has 0 bridgehead atoms. The van der Waals surface area contributed by atoms with Crippen LogP contribution in [0.3, 0.4) is 0 Å². The van der Waals surface area contributed by atoms with Crippen molar-refractivity contribution in [2.24, 2.45) is 0 Å². The summed E-state index contributed by atoms with van der Waals surface area (Å²) in [6, 6.07) is 18.8. The highest BCUT2D eigenvalue weighted by Crippen LogP contribution is 2.32. The van der Waals surface area contributed by atoms with Crippen LogP contribution < -0.4 is 14.8 Å². The number of esters is 1. The molecule has 3 aromatic rings. The maximum absolute atomic E-state index is 12.4. The van der Waals surface area contributed by atoms with Gasteiger partial charge < -0.3 is 19.5 Å². The Balaban J connectivity index is 1.37. The molecule has 4 rings (SSSR count). The molecular weight excluding hydrogens is 370 g/mol. The molecule has 0 spiro atoms. The summed E-state index contributed by atoms with van der Waals surface area (Å²) >= 11 is 0. The molecule has 0 unspecified atom stereocenters. The average Bonchev–Trinajstić information content (AvgIpc) is 2.74. The summed E-state index contributed by atoms with van der Waals surface area (Å²) in [7, 11) is 0. The van der Waals surface area contributed by atoms with E-state index in [9.17, 15) is 9.59 Å². The standard InChI is InChI=1S/C23H21NO5/c1-15(23(26)24-18-9-10-20-21(14-18)28-12-11-27-20)29-22(25)13-17-7-4-6-16-5-2-3-8-19(16)17/h2-10,14-15H,11-13H2,1H3,(H,24,26)/t15-/m0/s1. The molecule has 0 fully saturated rings. The molecule has 1 atom stereocenters. The minimum atomic E-state index is -0.925. The summed E-state index contributed by atoms with van der Waals surface area (Å²) in [6.45, 7) is 2.52. The number of ether oxygens (including phenoxy) is 3. The molecule has 1 amide bonds. The first-order valence-electron chi connectivity index (χ1n) is 9.47. The average molecular weight is 391 g/mol. The Morgan fingerprint density at radius 2 is 1.76 bits per heavy atom. The fraction of sp³-hybridized carbons (Fsp3) is 0.217. The van der Waals surface area contributed by atoms with Crippen LogP contribution in [0.25, 0.3) is 10.8 Å². The van der Waals surface area contributed by atoms with Gasteiger partial charge in [0.25, 0.3) is 5.91 Å². The summed E-state index contributed by atoms with van der Waals surface area (Å²) in [5.74, 6) is 0.359. The molecule has 1 N–H and O–H groups in total. The Labute approximate surface area is 168 Å². The van der Waals surface area contributed by atoms with Crippen LogP contribution in [0, 0.1) is 0 Å². The van der Waals surface area contributed by atoms with Gasteiger partial charge in [-0.15, -0.1) is 0 Å². The van der Waals surface area contributed by atoms with Crippen LogP contribution in [0.5, 0.6) is 11.5 Å². The molecule has 0 saturated heterocycles. The van der Waals surface area contributed by atoms with Crippen molar-refractivity contribution in [1.82, 2.24) is 0 Å². The van der Waals surface area contributed by atoms with Gasteiger partial charge in [-0.3, -0.25) is 9.59 Å². The van der Waals surface area contributed by atoms with E-state index in [1.54, 1.807) is 25.1 Å². The number of benzene rings is 3. The molecule has 1 aliphatic heterocycles. The van der Waals surface area contributed by atoms with E-state index in [1.165, 1.54) is 0 Å². The summed E-state index contributed by atoms with van der Waals surface area (Å²) in [6.07, 6.45) is -0.825. The van der Waals surface area contributed by atoms with Gasteiger partial charge in [0.2, 0.25) is 0 Å². The molecule has 0 aliphatic carbocycles. The minimum absolute atomic E-state index is 0.100. The zero-order chi connectivity index (χ0) is 20.2. The van der Waals surface area contributed by atoms with Crippen molar-refractivity contribution in [3.63, 3.8) is 0 Å². The number of hydrogen-bond donors (Lipinski definition) is 1. The Hall–Kier alpha value is -3.54. The number of nitrogens with one attached hydrogen (secondary N) is 1. The quantitative estimate of drug-likeness (QED) is 0.671. The van der Waals surface area contributed by atoms with E-state index in [1.807, 2.05) is 42.5 Å². The van der Waals surface area contributed by atoms with E-state index in [0.29, 0.717) is 30.4 Å². The van der Waals surface area contributed by atoms with E-state index in [-0.39, 0.29) is 6.42 Å². The lowest BCUT2D eigenvalue weighted by Crippen LogP contribution is -2.30. The van der Waals surface area contributed by atoms with Crippen LogP contribution in [-0.4, -0.2) is 31.2 Å². The summed E-state index contributed by atoms with van der Waals surface area (Å²) < 4.78 is 16.3. The van der Waals surface area contributed by atoms with Crippen LogP contribution in [0.1, 0.15) is 12.5 Å². The van der Waals surface area contributed by atoms with Gasteiger partial charge in [-0.2, -0.15) is 0 Å². The van der Waals surface area contributed by atoms with Crippen molar-refractivity contribution >= 4 is 28.3 Å². The van der Waals surface area contributed by atoms with Gasteiger partial charge in [0.05, 0.1) is 6.42 Å². The van der Waals surface area contributed by atoms with Gasteiger partial charge in [0.1, 0.15) is 13.2 Å². The maximum Gasteiger partial charge on any atom is 0.311 e. The summed E-state index contributed by atoms with van der Waals surface area (Å²) in [5.41, 5.74) is 1.42. The third kappa shape index (κ3) is 4.32. The van der Waals surface area contributed by atoms with Gasteiger partial charge >= 0.3 is 5.97 Å². The van der Waals surface area contributed by atoms with Gasteiger partial charge in [-0.1, -0.05) is 42.5 Å². The zero-order valence-electron chi connectivity index (χ0n) is 16.0. The third-order valence-corrected chi connectivity index (χ3v) is 4.70. The highest BCUT2D eigenvalue weighted by Gasteiger charge is 2.20. The van der Waals surface area contributed by atoms with E-state index < -0.39 is 18.0 Å². The molecule has 148 valence electrons. The lowest BCUT2D eigenvalue weighted by atomic mass is 10.0. The Morgan fingerprint density at radius 1 is 1.00 bits per heavy atom. The normalized spacial score (nSPS) is 13.6. The molecule has 0 radical (unpaired) electrons. The number of rotatable bonds is 5. The molecule has 3 aromatic carbocycles. The first kappa shape index (κ1) is 18.8. The molecule has 6 nitrogen and oxygen atoms in total. The second kappa shape index (κ2) is 8.22. The molecule has 1 heterocycles. The van der Waals surface area contributed by atoms with E-state index in [0.717, 1.165) is 16.3 Å². The lowest BCUT2D eigenvalue weighted by Gasteiger charge is -2.19. The van der Waals surface area contributed by atoms with Crippen molar-refractivity contribution < 1.29 is 23.8 Å². The fourth-order valence-electron chi connectivity index (χ4n) is 3.26. The number of amides is 1. The Morgan fingerprint density at radius 3 is 2.62 bits per heavy atom.